The number of aryl methyl sites for hydroxylation is 3. The highest BCUT2D eigenvalue weighted by Crippen LogP contribution is 2.40. The van der Waals surface area contributed by atoms with E-state index in [0.29, 0.717) is 0 Å². The van der Waals surface area contributed by atoms with Gasteiger partial charge >= 0.3 is 0 Å². The summed E-state index contributed by atoms with van der Waals surface area (Å²) in [5.74, 6) is 0. The molecule has 0 heterocycles. The van der Waals surface area contributed by atoms with Gasteiger partial charge in [0.05, 0.1) is 0 Å². The Morgan fingerprint density at radius 3 is 2.20 bits per heavy atom. The zero-order valence-electron chi connectivity index (χ0n) is 20.1. The van der Waals surface area contributed by atoms with E-state index in [4.69, 9.17) is 0 Å². The Hall–Kier alpha value is -2.41. The molecule has 0 saturated carbocycles. The minimum atomic E-state index is 0.261. The average molecular weight is 403 g/mol. The molecular formula is C29H38O. The molecule has 0 aliphatic heterocycles. The van der Waals surface area contributed by atoms with Crippen molar-refractivity contribution in [3.63, 3.8) is 0 Å². The third kappa shape index (κ3) is 5.81. The summed E-state index contributed by atoms with van der Waals surface area (Å²) in [5.41, 5.74) is 10.8. The summed E-state index contributed by atoms with van der Waals surface area (Å²) in [7, 11) is 0. The quantitative estimate of drug-likeness (QED) is 0.266. The normalized spacial score (nSPS) is 18.3. The Bertz CT molecular complexity index is 935. The van der Waals surface area contributed by atoms with E-state index in [9.17, 15) is 4.79 Å². The minimum Gasteiger partial charge on any atom is -0.298 e. The molecule has 1 heteroatoms. The predicted octanol–water partition coefficient (Wildman–Crippen LogP) is 8.17. The van der Waals surface area contributed by atoms with Crippen LogP contribution in [0.15, 0.2) is 64.8 Å². The van der Waals surface area contributed by atoms with Crippen LogP contribution in [-0.2, 0) is 4.79 Å². The molecule has 1 aliphatic carbocycles. The number of aldehydes is 1. The van der Waals surface area contributed by atoms with E-state index in [1.54, 1.807) is 0 Å². The number of allylic oxidation sites excluding steroid dienone is 10. The highest BCUT2D eigenvalue weighted by molar-refractivity contribution is 6.10. The van der Waals surface area contributed by atoms with Crippen molar-refractivity contribution < 1.29 is 4.79 Å². The van der Waals surface area contributed by atoms with Crippen molar-refractivity contribution in [3.05, 3.63) is 87.1 Å². The summed E-state index contributed by atoms with van der Waals surface area (Å²) in [6.07, 6.45) is 15.4. The summed E-state index contributed by atoms with van der Waals surface area (Å²) in [5, 5.41) is 0. The van der Waals surface area contributed by atoms with Gasteiger partial charge in [0, 0.05) is 5.57 Å². The fourth-order valence-corrected chi connectivity index (χ4v) is 4.67. The second kappa shape index (κ2) is 10.1. The van der Waals surface area contributed by atoms with Crippen LogP contribution in [0.4, 0.5) is 0 Å². The highest BCUT2D eigenvalue weighted by Gasteiger charge is 2.26. The van der Waals surface area contributed by atoms with E-state index in [-0.39, 0.29) is 5.41 Å². The lowest BCUT2D eigenvalue weighted by Gasteiger charge is -2.32. The number of rotatable bonds is 6. The second-order valence-electron chi connectivity index (χ2n) is 9.52. The largest absolute Gasteiger partial charge is 0.298 e. The lowest BCUT2D eigenvalue weighted by molar-refractivity contribution is -0.103. The molecule has 0 spiro atoms. The van der Waals surface area contributed by atoms with Crippen LogP contribution >= 0.6 is 0 Å². The van der Waals surface area contributed by atoms with Gasteiger partial charge in [-0.1, -0.05) is 73.1 Å². The van der Waals surface area contributed by atoms with Crippen LogP contribution in [0.3, 0.4) is 0 Å². The fraction of sp³-hybridized carbons (Fsp3) is 0.414. The number of carbonyl (C=O) groups excluding carboxylic acids is 1. The summed E-state index contributed by atoms with van der Waals surface area (Å²) < 4.78 is 0. The van der Waals surface area contributed by atoms with Gasteiger partial charge in [-0.05, 0) is 94.1 Å². The van der Waals surface area contributed by atoms with E-state index in [1.165, 1.54) is 41.5 Å². The molecule has 0 N–H and O–H groups in total. The number of hydrogen-bond donors (Lipinski definition) is 0. The van der Waals surface area contributed by atoms with Crippen LogP contribution in [0.25, 0.3) is 5.57 Å². The van der Waals surface area contributed by atoms with Gasteiger partial charge < -0.3 is 0 Å². The maximum atomic E-state index is 11.9. The smallest absolute Gasteiger partial charge is 0.150 e. The van der Waals surface area contributed by atoms with Gasteiger partial charge in [-0.15, -0.1) is 0 Å². The Kier molecular flexibility index (Phi) is 8.01. The number of benzene rings is 1. The van der Waals surface area contributed by atoms with E-state index < -0.39 is 0 Å². The molecule has 0 atom stereocenters. The molecular weight excluding hydrogens is 364 g/mol. The highest BCUT2D eigenvalue weighted by atomic mass is 16.1. The van der Waals surface area contributed by atoms with Gasteiger partial charge in [0.2, 0.25) is 0 Å². The van der Waals surface area contributed by atoms with Crippen LogP contribution < -0.4 is 0 Å². The van der Waals surface area contributed by atoms with Gasteiger partial charge in [-0.25, -0.2) is 0 Å². The molecule has 30 heavy (non-hydrogen) atoms. The monoisotopic (exact) mass is 402 g/mol. The molecule has 1 aromatic rings. The molecule has 2 rings (SSSR count). The topological polar surface area (TPSA) is 17.1 Å². The molecule has 0 aromatic heterocycles. The molecule has 0 radical (unpaired) electrons. The number of hydrogen-bond acceptors (Lipinski definition) is 1. The molecule has 0 unspecified atom stereocenters. The first-order valence-corrected chi connectivity index (χ1v) is 11.0. The molecule has 0 saturated heterocycles. The van der Waals surface area contributed by atoms with Gasteiger partial charge in [-0.2, -0.15) is 0 Å². The zero-order valence-corrected chi connectivity index (χ0v) is 20.1. The van der Waals surface area contributed by atoms with Gasteiger partial charge in [0.1, 0.15) is 0 Å². The molecule has 0 amide bonds. The standard InChI is InChI=1S/C29H38O/c1-20(14-15-27-23(4)13-10-16-29(27,7)8)11-9-12-22(3)26(19-30)28-24(5)17-21(2)18-25(28)6/h9,11-12,14-15,17-19H,10,13,16H2,1-8H3. The SMILES string of the molecule is CC(C=CC1=C(C)CCCC1(C)C)=CC=CC(C)=C(C=O)c1c(C)cc(C)cc1C. The van der Waals surface area contributed by atoms with E-state index >= 15 is 0 Å². The predicted molar refractivity (Wildman–Crippen MR) is 132 cm³/mol. The van der Waals surface area contributed by atoms with E-state index in [2.05, 4.69) is 78.8 Å². The Morgan fingerprint density at radius 2 is 1.63 bits per heavy atom. The average Bonchev–Trinajstić information content (AvgIpc) is 2.63. The summed E-state index contributed by atoms with van der Waals surface area (Å²) in [4.78, 5) is 11.9. The van der Waals surface area contributed by atoms with Gasteiger partial charge in [-0.3, -0.25) is 4.79 Å². The first-order valence-electron chi connectivity index (χ1n) is 11.0. The van der Waals surface area contributed by atoms with Crippen LogP contribution in [0, 0.1) is 26.2 Å². The summed E-state index contributed by atoms with van der Waals surface area (Å²) in [6, 6.07) is 4.28. The zero-order chi connectivity index (χ0) is 22.5. The van der Waals surface area contributed by atoms with E-state index in [1.807, 2.05) is 19.1 Å². The Labute approximate surface area is 184 Å². The third-order valence-corrected chi connectivity index (χ3v) is 6.25. The van der Waals surface area contributed by atoms with Crippen LogP contribution in [0.5, 0.6) is 0 Å². The fourth-order valence-electron chi connectivity index (χ4n) is 4.67. The third-order valence-electron chi connectivity index (χ3n) is 6.25. The molecule has 0 bridgehead atoms. The maximum Gasteiger partial charge on any atom is 0.150 e. The molecule has 1 aliphatic rings. The lowest BCUT2D eigenvalue weighted by atomic mass is 9.72. The summed E-state index contributed by atoms with van der Waals surface area (Å²) in [6.45, 7) is 17.3. The van der Waals surface area contributed by atoms with Crippen molar-refractivity contribution in [1.82, 2.24) is 0 Å². The number of carbonyl (C=O) groups is 1. The Balaban J connectivity index is 2.25. The first kappa shape index (κ1) is 23.9. The lowest BCUT2D eigenvalue weighted by Crippen LogP contribution is -2.19. The van der Waals surface area contributed by atoms with Crippen LogP contribution in [0.1, 0.15) is 76.1 Å². The van der Waals surface area contributed by atoms with Gasteiger partial charge in [0.15, 0.2) is 6.29 Å². The van der Waals surface area contributed by atoms with Crippen molar-refractivity contribution in [2.75, 3.05) is 0 Å². The van der Waals surface area contributed by atoms with Crippen molar-refractivity contribution in [2.45, 2.75) is 74.7 Å². The van der Waals surface area contributed by atoms with Crippen molar-refractivity contribution >= 4 is 11.9 Å². The second-order valence-corrected chi connectivity index (χ2v) is 9.52. The maximum absolute atomic E-state index is 11.9. The van der Waals surface area contributed by atoms with Gasteiger partial charge in [0.25, 0.3) is 0 Å². The summed E-state index contributed by atoms with van der Waals surface area (Å²) >= 11 is 0. The van der Waals surface area contributed by atoms with Crippen molar-refractivity contribution in [3.8, 4) is 0 Å². The van der Waals surface area contributed by atoms with Crippen LogP contribution in [-0.4, -0.2) is 6.29 Å². The van der Waals surface area contributed by atoms with Crippen molar-refractivity contribution in [1.29, 1.82) is 0 Å². The van der Waals surface area contributed by atoms with Crippen LogP contribution in [0.2, 0.25) is 0 Å². The molecule has 0 fully saturated rings. The Morgan fingerprint density at radius 1 is 1.00 bits per heavy atom. The minimum absolute atomic E-state index is 0.261. The van der Waals surface area contributed by atoms with E-state index in [0.717, 1.165) is 34.1 Å². The molecule has 1 aromatic carbocycles. The van der Waals surface area contributed by atoms with Crippen molar-refractivity contribution in [2.24, 2.45) is 5.41 Å². The first-order chi connectivity index (χ1) is 14.1. The molecule has 1 nitrogen and oxygen atoms in total. The molecule has 160 valence electrons.